The van der Waals surface area contributed by atoms with Crippen LogP contribution in [0.2, 0.25) is 0 Å². The molecule has 44 heavy (non-hydrogen) atoms. The maximum absolute atomic E-state index is 11.6. The quantitative estimate of drug-likeness (QED) is 0.149. The molecule has 6 rings (SSSR count). The smallest absolute Gasteiger partial charge is 0.200 e. The Bertz CT molecular complexity index is 1770. The molecule has 2 heterocycles. The minimum absolute atomic E-state index is 0.0104. The summed E-state index contributed by atoms with van der Waals surface area (Å²) in [5.74, 6) is -8.47. The summed E-state index contributed by atoms with van der Waals surface area (Å²) >= 11 is 0. The van der Waals surface area contributed by atoms with Crippen molar-refractivity contribution in [1.29, 1.82) is 0 Å². The van der Waals surface area contributed by atoms with Gasteiger partial charge in [-0.25, -0.2) is 0 Å². The lowest BCUT2D eigenvalue weighted by Gasteiger charge is -2.39. The van der Waals surface area contributed by atoms with E-state index < -0.39 is 87.8 Å². The molecule has 2 aliphatic heterocycles. The van der Waals surface area contributed by atoms with Crippen LogP contribution in [0.4, 0.5) is 0 Å². The van der Waals surface area contributed by atoms with E-state index in [2.05, 4.69) is 0 Å². The van der Waals surface area contributed by atoms with Crippen LogP contribution in [0, 0.1) is 0 Å². The molecule has 0 aromatic heterocycles. The predicted octanol–water partition coefficient (Wildman–Crippen LogP) is 2.41. The molecule has 4 aromatic rings. The van der Waals surface area contributed by atoms with Gasteiger partial charge in [-0.1, -0.05) is 0 Å². The molecule has 4 aromatic carbocycles. The number of benzene rings is 4. The molecule has 0 fully saturated rings. The molecule has 0 saturated carbocycles. The molecule has 0 aliphatic carbocycles. The van der Waals surface area contributed by atoms with E-state index in [1.54, 1.807) is 0 Å². The average molecular weight is 611 g/mol. The zero-order valence-electron chi connectivity index (χ0n) is 22.3. The number of phenolic OH excluding ortho intramolecular Hbond substituents is 10. The summed E-state index contributed by atoms with van der Waals surface area (Å²) in [6.45, 7) is 0. The van der Waals surface area contributed by atoms with Crippen molar-refractivity contribution in [1.82, 2.24) is 0 Å². The maximum Gasteiger partial charge on any atom is 0.200 e. The zero-order valence-corrected chi connectivity index (χ0v) is 22.3. The molecule has 2 aliphatic rings. The molecule has 0 spiro atoms. The number of hydrogen-bond acceptors (Lipinski definition) is 14. The van der Waals surface area contributed by atoms with Crippen LogP contribution in [0.1, 0.15) is 45.9 Å². The molecule has 0 unspecified atom stereocenters. The maximum atomic E-state index is 11.6. The van der Waals surface area contributed by atoms with Gasteiger partial charge in [0, 0.05) is 52.4 Å². The largest absolute Gasteiger partial charge is 0.508 e. The number of aliphatic hydroxyl groups excluding tert-OH is 2. The Morgan fingerprint density at radius 1 is 0.500 bits per heavy atom. The third-order valence-electron chi connectivity index (χ3n) is 7.87. The van der Waals surface area contributed by atoms with E-state index >= 15 is 0 Å². The van der Waals surface area contributed by atoms with E-state index in [0.29, 0.717) is 0 Å². The summed E-state index contributed by atoms with van der Waals surface area (Å²) in [5.41, 5.74) is -0.463. The molecule has 12 N–H and O–H groups in total. The SMILES string of the molecule is Oc1cc(O)c2c(c1)O[C@H](c1cc(O)c(O)c(O)c1)[C@H](O)[C@H]2c1c(O)cc2c(c1O)C[C@H](O)[C@@H](c1cc(O)c(O)c(O)c1)O2. The van der Waals surface area contributed by atoms with Crippen LogP contribution < -0.4 is 9.47 Å². The second-order valence-electron chi connectivity index (χ2n) is 10.6. The molecule has 14 nitrogen and oxygen atoms in total. The standard InChI is InChI=1S/C30H26O14/c31-11-5-13(32)22-21(6-11)44-30(10-3-17(36)27(41)18(37)4-10)28(42)24(22)23-14(33)8-20-12(25(23)39)7-19(38)29(43-20)9-1-15(34)26(40)16(35)2-9/h1-6,8,19,24,28-42H,7H2/t19-,24+,28+,29+,30+/m0/s1. The van der Waals surface area contributed by atoms with Crippen LogP contribution in [0.25, 0.3) is 0 Å². The number of fused-ring (bicyclic) bond motifs is 2. The molecule has 14 heteroatoms. The molecule has 0 amide bonds. The number of ether oxygens (including phenoxy) is 2. The van der Waals surface area contributed by atoms with Crippen molar-refractivity contribution in [3.8, 4) is 69.0 Å². The van der Waals surface area contributed by atoms with Crippen LogP contribution in [-0.2, 0) is 6.42 Å². The number of phenols is 10. The Hall–Kier alpha value is -5.60. The molecule has 0 radical (unpaired) electrons. The van der Waals surface area contributed by atoms with Crippen molar-refractivity contribution in [2.24, 2.45) is 0 Å². The van der Waals surface area contributed by atoms with Crippen LogP contribution in [0.5, 0.6) is 69.0 Å². The second kappa shape index (κ2) is 10.00. The highest BCUT2D eigenvalue weighted by Gasteiger charge is 2.45. The van der Waals surface area contributed by atoms with E-state index in [1.807, 2.05) is 0 Å². The highest BCUT2D eigenvalue weighted by molar-refractivity contribution is 5.66. The number of rotatable bonds is 3. The molecule has 0 saturated heterocycles. The summed E-state index contributed by atoms with van der Waals surface area (Å²) in [5, 5.41) is 126. The molecular formula is C30H26O14. The highest BCUT2D eigenvalue weighted by Crippen LogP contribution is 2.57. The summed E-state index contributed by atoms with van der Waals surface area (Å²) in [4.78, 5) is 0. The van der Waals surface area contributed by atoms with Gasteiger partial charge in [0.15, 0.2) is 46.7 Å². The van der Waals surface area contributed by atoms with Gasteiger partial charge in [0.1, 0.15) is 40.6 Å². The van der Waals surface area contributed by atoms with E-state index in [0.717, 1.165) is 42.5 Å². The lowest BCUT2D eigenvalue weighted by molar-refractivity contribution is 0.00563. The average Bonchev–Trinajstić information content (AvgIpc) is 2.95. The normalized spacial score (nSPS) is 22.4. The molecule has 5 atom stereocenters. The first-order chi connectivity index (χ1) is 20.8. The minimum Gasteiger partial charge on any atom is -0.508 e. The monoisotopic (exact) mass is 610 g/mol. The van der Waals surface area contributed by atoms with Crippen LogP contribution in [0.15, 0.2) is 42.5 Å². The van der Waals surface area contributed by atoms with E-state index in [4.69, 9.17) is 9.47 Å². The number of hydrogen-bond donors (Lipinski definition) is 12. The fourth-order valence-electron chi connectivity index (χ4n) is 5.84. The Morgan fingerprint density at radius 3 is 1.57 bits per heavy atom. The van der Waals surface area contributed by atoms with E-state index in [9.17, 15) is 61.3 Å². The molecule has 230 valence electrons. The van der Waals surface area contributed by atoms with Crippen LogP contribution in [-0.4, -0.2) is 73.5 Å². The lowest BCUT2D eigenvalue weighted by atomic mass is 9.77. The van der Waals surface area contributed by atoms with Crippen molar-refractivity contribution < 1.29 is 70.8 Å². The number of aliphatic hydroxyl groups is 2. The zero-order chi connectivity index (χ0) is 31.8. The Balaban J connectivity index is 1.48. The molecular weight excluding hydrogens is 584 g/mol. The third kappa shape index (κ3) is 4.35. The number of aromatic hydroxyl groups is 10. The van der Waals surface area contributed by atoms with Gasteiger partial charge < -0.3 is 70.8 Å². The minimum atomic E-state index is -1.75. The first-order valence-electron chi connectivity index (χ1n) is 13.1. The Morgan fingerprint density at radius 2 is 1.00 bits per heavy atom. The van der Waals surface area contributed by atoms with E-state index in [-0.39, 0.29) is 45.7 Å². The van der Waals surface area contributed by atoms with Gasteiger partial charge in [-0.3, -0.25) is 0 Å². The van der Waals surface area contributed by atoms with Gasteiger partial charge in [-0.05, 0) is 24.3 Å². The van der Waals surface area contributed by atoms with Crippen molar-refractivity contribution in [2.45, 2.75) is 36.8 Å². The van der Waals surface area contributed by atoms with Crippen molar-refractivity contribution in [2.75, 3.05) is 0 Å². The van der Waals surface area contributed by atoms with Gasteiger partial charge in [0.25, 0.3) is 0 Å². The fourth-order valence-corrected chi connectivity index (χ4v) is 5.84. The lowest BCUT2D eigenvalue weighted by Crippen LogP contribution is -2.35. The van der Waals surface area contributed by atoms with Crippen molar-refractivity contribution in [3.05, 3.63) is 70.3 Å². The van der Waals surface area contributed by atoms with Crippen LogP contribution in [0.3, 0.4) is 0 Å². The summed E-state index contributed by atoms with van der Waals surface area (Å²) in [6, 6.07) is 7.28. The molecule has 0 bridgehead atoms. The predicted molar refractivity (Wildman–Crippen MR) is 147 cm³/mol. The Labute approximate surface area is 247 Å². The first kappa shape index (κ1) is 28.5. The van der Waals surface area contributed by atoms with Crippen LogP contribution >= 0.6 is 0 Å². The van der Waals surface area contributed by atoms with Crippen molar-refractivity contribution >= 4 is 0 Å². The summed E-state index contributed by atoms with van der Waals surface area (Å²) < 4.78 is 11.7. The van der Waals surface area contributed by atoms with Gasteiger partial charge >= 0.3 is 0 Å². The third-order valence-corrected chi connectivity index (χ3v) is 7.87. The summed E-state index contributed by atoms with van der Waals surface area (Å²) in [7, 11) is 0. The van der Waals surface area contributed by atoms with Gasteiger partial charge in [-0.2, -0.15) is 0 Å². The Kier molecular flexibility index (Phi) is 6.48. The fraction of sp³-hybridized carbons (Fsp3) is 0.200. The summed E-state index contributed by atoms with van der Waals surface area (Å²) in [6.07, 6.45) is -6.10. The van der Waals surface area contributed by atoms with Gasteiger partial charge in [0.2, 0.25) is 0 Å². The topological polar surface area (TPSA) is 261 Å². The van der Waals surface area contributed by atoms with Crippen molar-refractivity contribution in [3.63, 3.8) is 0 Å². The highest BCUT2D eigenvalue weighted by atomic mass is 16.5. The van der Waals surface area contributed by atoms with Gasteiger partial charge in [-0.15, -0.1) is 0 Å². The first-order valence-corrected chi connectivity index (χ1v) is 13.1. The van der Waals surface area contributed by atoms with E-state index in [1.165, 1.54) is 0 Å². The second-order valence-corrected chi connectivity index (χ2v) is 10.6. The van der Waals surface area contributed by atoms with Gasteiger partial charge in [0.05, 0.1) is 12.0 Å².